The minimum Gasteiger partial charge on any atom is -0.0599 e. The van der Waals surface area contributed by atoms with Gasteiger partial charge < -0.3 is 0 Å². The highest BCUT2D eigenvalue weighted by Crippen LogP contribution is 2.47. The molecule has 0 heteroatoms. The number of hydrogen-bond acceptors (Lipinski definition) is 0. The Morgan fingerprint density at radius 3 is 1.20 bits per heavy atom. The minimum absolute atomic E-state index is 0.488. The lowest BCUT2D eigenvalue weighted by Gasteiger charge is -2.43. The SMILES string of the molecule is CC(C)(C)[C@@H]1CCCCC[C@H]1C(C)(C)C. The van der Waals surface area contributed by atoms with Crippen LogP contribution in [0.25, 0.3) is 0 Å². The van der Waals surface area contributed by atoms with Crippen molar-refractivity contribution in [3.05, 3.63) is 0 Å². The summed E-state index contributed by atoms with van der Waals surface area (Å²) in [5.41, 5.74) is 0.977. The first-order valence-corrected chi connectivity index (χ1v) is 6.73. The molecule has 0 spiro atoms. The molecule has 0 amide bonds. The molecule has 1 rings (SSSR count). The fourth-order valence-corrected chi connectivity index (χ4v) is 3.38. The highest BCUT2D eigenvalue weighted by atomic mass is 14.4. The Morgan fingerprint density at radius 2 is 0.933 bits per heavy atom. The Kier molecular flexibility index (Phi) is 3.90. The first-order valence-electron chi connectivity index (χ1n) is 6.73. The smallest absolute Gasteiger partial charge is 0.0332 e. The Labute approximate surface area is 96.8 Å². The molecular weight excluding hydrogens is 180 g/mol. The number of hydrogen-bond donors (Lipinski definition) is 0. The average Bonchev–Trinajstić information content (AvgIpc) is 2.24. The zero-order valence-electron chi connectivity index (χ0n) is 11.7. The standard InChI is InChI=1S/C15H30/c1-14(2,3)12-10-8-7-9-11-13(12)15(4,5)6/h12-13H,7-11H2,1-6H3/t12-,13-/m1/s1. The van der Waals surface area contributed by atoms with Gasteiger partial charge in [-0.2, -0.15) is 0 Å². The Hall–Kier alpha value is 0. The summed E-state index contributed by atoms with van der Waals surface area (Å²) in [6.45, 7) is 14.6. The molecule has 1 aliphatic carbocycles. The van der Waals surface area contributed by atoms with Crippen LogP contribution >= 0.6 is 0 Å². The van der Waals surface area contributed by atoms with Gasteiger partial charge in [-0.25, -0.2) is 0 Å². The van der Waals surface area contributed by atoms with E-state index in [1.807, 2.05) is 0 Å². The minimum atomic E-state index is 0.488. The number of rotatable bonds is 0. The van der Waals surface area contributed by atoms with Crippen LogP contribution in [-0.4, -0.2) is 0 Å². The van der Waals surface area contributed by atoms with Crippen molar-refractivity contribution in [2.75, 3.05) is 0 Å². The summed E-state index contributed by atoms with van der Waals surface area (Å²) >= 11 is 0. The second-order valence-corrected chi connectivity index (χ2v) is 7.58. The molecule has 15 heavy (non-hydrogen) atoms. The molecule has 0 aliphatic heterocycles. The quantitative estimate of drug-likeness (QED) is 0.477. The van der Waals surface area contributed by atoms with Gasteiger partial charge in [-0.15, -0.1) is 0 Å². The molecule has 0 nitrogen and oxygen atoms in total. The van der Waals surface area contributed by atoms with E-state index in [1.165, 1.54) is 32.1 Å². The van der Waals surface area contributed by atoms with Gasteiger partial charge in [0.15, 0.2) is 0 Å². The lowest BCUT2D eigenvalue weighted by Crippen LogP contribution is -2.35. The van der Waals surface area contributed by atoms with E-state index in [0.29, 0.717) is 10.8 Å². The first kappa shape index (κ1) is 13.1. The summed E-state index contributed by atoms with van der Waals surface area (Å²) < 4.78 is 0. The maximum atomic E-state index is 2.43. The maximum absolute atomic E-state index is 2.43. The lowest BCUT2D eigenvalue weighted by molar-refractivity contribution is 0.0646. The van der Waals surface area contributed by atoms with E-state index in [-0.39, 0.29) is 0 Å². The zero-order valence-corrected chi connectivity index (χ0v) is 11.7. The largest absolute Gasteiger partial charge is 0.0599 e. The van der Waals surface area contributed by atoms with Gasteiger partial charge >= 0.3 is 0 Å². The fraction of sp³-hybridized carbons (Fsp3) is 1.00. The summed E-state index contributed by atoms with van der Waals surface area (Å²) in [6.07, 6.45) is 7.26. The monoisotopic (exact) mass is 210 g/mol. The third-order valence-corrected chi connectivity index (χ3v) is 4.24. The molecule has 2 atom stereocenters. The van der Waals surface area contributed by atoms with Crippen LogP contribution in [0.3, 0.4) is 0 Å². The molecule has 0 aromatic carbocycles. The van der Waals surface area contributed by atoms with Crippen LogP contribution in [-0.2, 0) is 0 Å². The second-order valence-electron chi connectivity index (χ2n) is 7.58. The summed E-state index contributed by atoms with van der Waals surface area (Å²) in [6, 6.07) is 0. The highest BCUT2D eigenvalue weighted by molar-refractivity contribution is 4.88. The Balaban J connectivity index is 2.86. The molecule has 90 valence electrons. The molecular formula is C15H30. The van der Waals surface area contributed by atoms with Gasteiger partial charge in [0.1, 0.15) is 0 Å². The molecule has 1 aliphatic rings. The van der Waals surface area contributed by atoms with E-state index in [9.17, 15) is 0 Å². The predicted octanol–water partition coefficient (Wildman–Crippen LogP) is 5.28. The van der Waals surface area contributed by atoms with Crippen molar-refractivity contribution >= 4 is 0 Å². The molecule has 1 fully saturated rings. The summed E-state index contributed by atoms with van der Waals surface area (Å²) in [4.78, 5) is 0. The molecule has 0 aromatic rings. The predicted molar refractivity (Wildman–Crippen MR) is 69.0 cm³/mol. The summed E-state index contributed by atoms with van der Waals surface area (Å²) in [5.74, 6) is 1.83. The van der Waals surface area contributed by atoms with E-state index in [1.54, 1.807) is 0 Å². The van der Waals surface area contributed by atoms with E-state index in [0.717, 1.165) is 11.8 Å². The zero-order chi connectivity index (χ0) is 11.7. The van der Waals surface area contributed by atoms with E-state index < -0.39 is 0 Å². The third kappa shape index (κ3) is 3.50. The van der Waals surface area contributed by atoms with Crippen LogP contribution in [0.2, 0.25) is 0 Å². The van der Waals surface area contributed by atoms with Gasteiger partial charge in [-0.3, -0.25) is 0 Å². The van der Waals surface area contributed by atoms with Gasteiger partial charge in [0, 0.05) is 0 Å². The second kappa shape index (κ2) is 4.47. The van der Waals surface area contributed by atoms with Crippen LogP contribution in [0.4, 0.5) is 0 Å². The molecule has 0 unspecified atom stereocenters. The topological polar surface area (TPSA) is 0 Å². The first-order chi connectivity index (χ1) is 6.73. The molecule has 0 saturated heterocycles. The van der Waals surface area contributed by atoms with Gasteiger partial charge in [0.2, 0.25) is 0 Å². The van der Waals surface area contributed by atoms with Gasteiger partial charge in [0.05, 0.1) is 0 Å². The highest BCUT2D eigenvalue weighted by Gasteiger charge is 2.38. The van der Waals surface area contributed by atoms with Crippen molar-refractivity contribution in [2.24, 2.45) is 22.7 Å². The van der Waals surface area contributed by atoms with Crippen LogP contribution in [0.5, 0.6) is 0 Å². The normalized spacial score (nSPS) is 30.0. The van der Waals surface area contributed by atoms with Crippen molar-refractivity contribution in [1.82, 2.24) is 0 Å². The van der Waals surface area contributed by atoms with Crippen molar-refractivity contribution in [3.8, 4) is 0 Å². The summed E-state index contributed by atoms with van der Waals surface area (Å²) in [5, 5.41) is 0. The molecule has 1 saturated carbocycles. The Bertz CT molecular complexity index is 167. The molecule has 0 radical (unpaired) electrons. The fourth-order valence-electron chi connectivity index (χ4n) is 3.38. The van der Waals surface area contributed by atoms with E-state index in [2.05, 4.69) is 41.5 Å². The van der Waals surface area contributed by atoms with Gasteiger partial charge in [-0.05, 0) is 35.5 Å². The van der Waals surface area contributed by atoms with E-state index >= 15 is 0 Å². The average molecular weight is 210 g/mol. The van der Waals surface area contributed by atoms with Crippen LogP contribution in [0.15, 0.2) is 0 Å². The molecule has 0 bridgehead atoms. The summed E-state index contributed by atoms with van der Waals surface area (Å²) in [7, 11) is 0. The van der Waals surface area contributed by atoms with Crippen LogP contribution in [0, 0.1) is 22.7 Å². The van der Waals surface area contributed by atoms with Crippen molar-refractivity contribution < 1.29 is 0 Å². The lowest BCUT2D eigenvalue weighted by atomic mass is 9.62. The third-order valence-electron chi connectivity index (χ3n) is 4.24. The van der Waals surface area contributed by atoms with Crippen LogP contribution in [0.1, 0.15) is 73.6 Å². The van der Waals surface area contributed by atoms with Gasteiger partial charge in [0.25, 0.3) is 0 Å². The van der Waals surface area contributed by atoms with Crippen molar-refractivity contribution in [2.45, 2.75) is 73.6 Å². The molecule has 0 heterocycles. The van der Waals surface area contributed by atoms with Gasteiger partial charge in [-0.1, -0.05) is 60.8 Å². The Morgan fingerprint density at radius 1 is 0.600 bits per heavy atom. The maximum Gasteiger partial charge on any atom is -0.0332 e. The van der Waals surface area contributed by atoms with Crippen molar-refractivity contribution in [1.29, 1.82) is 0 Å². The van der Waals surface area contributed by atoms with Crippen molar-refractivity contribution in [3.63, 3.8) is 0 Å². The molecule has 0 N–H and O–H groups in total. The van der Waals surface area contributed by atoms with E-state index in [4.69, 9.17) is 0 Å². The molecule has 0 aromatic heterocycles. The van der Waals surface area contributed by atoms with Crippen LogP contribution < -0.4 is 0 Å².